The zero-order valence-electron chi connectivity index (χ0n) is 17.5. The van der Waals surface area contributed by atoms with E-state index in [1.165, 1.54) is 6.92 Å². The Morgan fingerprint density at radius 3 is 2.37 bits per heavy atom. The minimum Gasteiger partial charge on any atom is -0.488 e. The zero-order valence-corrected chi connectivity index (χ0v) is 17.5. The Hall–Kier alpha value is -3.41. The molecule has 1 heterocycles. The summed E-state index contributed by atoms with van der Waals surface area (Å²) in [6, 6.07) is 13.9. The van der Waals surface area contributed by atoms with Gasteiger partial charge in [0.2, 0.25) is 11.7 Å². The number of esters is 1. The maximum absolute atomic E-state index is 12.6. The Morgan fingerprint density at radius 1 is 1.03 bits per heavy atom. The lowest BCUT2D eigenvalue weighted by atomic mass is 9.95. The molecule has 2 aromatic rings. The molecule has 0 aliphatic carbocycles. The van der Waals surface area contributed by atoms with Gasteiger partial charge in [-0.15, -0.1) is 0 Å². The number of amides is 1. The zero-order chi connectivity index (χ0) is 21.9. The van der Waals surface area contributed by atoms with Crippen LogP contribution in [0.5, 0.6) is 5.75 Å². The number of fused-ring (bicyclic) bond motifs is 1. The quantitative estimate of drug-likeness (QED) is 0.592. The van der Waals surface area contributed by atoms with Crippen LogP contribution >= 0.6 is 0 Å². The second kappa shape index (κ2) is 8.53. The van der Waals surface area contributed by atoms with Crippen molar-refractivity contribution in [3.63, 3.8) is 0 Å². The maximum Gasteiger partial charge on any atom is 0.338 e. The van der Waals surface area contributed by atoms with E-state index in [2.05, 4.69) is 5.32 Å². The Kier molecular flexibility index (Phi) is 6.06. The molecule has 0 unspecified atom stereocenters. The van der Waals surface area contributed by atoms with E-state index < -0.39 is 17.5 Å². The number of carbonyl (C=O) groups excluding carboxylic acids is 3. The first kappa shape index (κ1) is 21.3. The van der Waals surface area contributed by atoms with Crippen LogP contribution in [0.4, 0.5) is 5.69 Å². The van der Waals surface area contributed by atoms with Gasteiger partial charge < -0.3 is 14.8 Å². The number of ether oxygens (including phenoxy) is 2. The third-order valence-corrected chi connectivity index (χ3v) is 4.66. The van der Waals surface area contributed by atoms with Crippen LogP contribution < -0.4 is 10.1 Å². The second-order valence-corrected chi connectivity index (χ2v) is 8.19. The number of hydrogen-bond donors (Lipinski definition) is 1. The van der Waals surface area contributed by atoms with Crippen molar-refractivity contribution in [3.05, 3.63) is 65.2 Å². The van der Waals surface area contributed by atoms with Crippen molar-refractivity contribution < 1.29 is 23.9 Å². The first-order valence-electron chi connectivity index (χ1n) is 9.74. The number of para-hydroxylation sites is 1. The van der Waals surface area contributed by atoms with Gasteiger partial charge in [0.05, 0.1) is 5.57 Å². The molecule has 0 bridgehead atoms. The van der Waals surface area contributed by atoms with Gasteiger partial charge in [0, 0.05) is 22.2 Å². The molecule has 0 saturated heterocycles. The molecule has 1 aliphatic rings. The van der Waals surface area contributed by atoms with Gasteiger partial charge in [-0.3, -0.25) is 9.59 Å². The van der Waals surface area contributed by atoms with Crippen molar-refractivity contribution in [2.75, 3.05) is 11.9 Å². The van der Waals surface area contributed by atoms with E-state index in [1.807, 2.05) is 45.0 Å². The molecule has 1 N–H and O–H groups in total. The van der Waals surface area contributed by atoms with Crippen LogP contribution in [0.15, 0.2) is 54.1 Å². The third kappa shape index (κ3) is 4.95. The third-order valence-electron chi connectivity index (χ3n) is 4.66. The summed E-state index contributed by atoms with van der Waals surface area (Å²) in [5, 5.41) is 2.80. The second-order valence-electron chi connectivity index (χ2n) is 8.19. The standard InChI is InChI=1S/C24H25NO5/c1-15(30-22(27)18-13-17-7-5-6-8-20(17)29-14-18)21(26)16-9-11-19(12-10-16)25-23(28)24(2,3)4/h5-13,15H,14H2,1-4H3,(H,25,28)/t15-/m1/s1. The Bertz CT molecular complexity index is 999. The smallest absolute Gasteiger partial charge is 0.338 e. The summed E-state index contributed by atoms with van der Waals surface area (Å²) in [4.78, 5) is 37.2. The number of nitrogens with one attached hydrogen (secondary N) is 1. The Balaban J connectivity index is 1.62. The summed E-state index contributed by atoms with van der Waals surface area (Å²) in [6.45, 7) is 7.09. The molecule has 0 fully saturated rings. The molecular weight excluding hydrogens is 382 g/mol. The molecular formula is C24H25NO5. The van der Waals surface area contributed by atoms with Gasteiger partial charge in [-0.05, 0) is 43.3 Å². The van der Waals surface area contributed by atoms with E-state index in [4.69, 9.17) is 9.47 Å². The van der Waals surface area contributed by atoms with Crippen LogP contribution in [-0.4, -0.2) is 30.4 Å². The minimum atomic E-state index is -0.953. The van der Waals surface area contributed by atoms with Crippen molar-refractivity contribution in [1.29, 1.82) is 0 Å². The van der Waals surface area contributed by atoms with Gasteiger partial charge >= 0.3 is 5.97 Å². The summed E-state index contributed by atoms with van der Waals surface area (Å²) in [7, 11) is 0. The molecule has 30 heavy (non-hydrogen) atoms. The molecule has 6 nitrogen and oxygen atoms in total. The van der Waals surface area contributed by atoms with E-state index >= 15 is 0 Å². The number of rotatable bonds is 5. The SMILES string of the molecule is C[C@@H](OC(=O)C1=Cc2ccccc2OC1)C(=O)c1ccc(NC(=O)C(C)(C)C)cc1. The number of hydrogen-bond acceptors (Lipinski definition) is 5. The van der Waals surface area contributed by atoms with E-state index in [9.17, 15) is 14.4 Å². The molecule has 0 radical (unpaired) electrons. The van der Waals surface area contributed by atoms with Crippen LogP contribution in [0.2, 0.25) is 0 Å². The summed E-state index contributed by atoms with van der Waals surface area (Å²) in [6.07, 6.45) is 0.760. The summed E-state index contributed by atoms with van der Waals surface area (Å²) in [5.41, 5.74) is 1.62. The molecule has 0 aromatic heterocycles. The van der Waals surface area contributed by atoms with E-state index in [1.54, 1.807) is 30.3 Å². The average Bonchev–Trinajstić information content (AvgIpc) is 2.72. The van der Waals surface area contributed by atoms with Crippen molar-refractivity contribution in [2.24, 2.45) is 5.41 Å². The van der Waals surface area contributed by atoms with Crippen LogP contribution in [0.25, 0.3) is 6.08 Å². The summed E-state index contributed by atoms with van der Waals surface area (Å²) in [5.74, 6) is -0.320. The minimum absolute atomic E-state index is 0.0962. The van der Waals surface area contributed by atoms with E-state index in [0.29, 0.717) is 22.6 Å². The number of ketones is 1. The van der Waals surface area contributed by atoms with Crippen LogP contribution in [-0.2, 0) is 14.3 Å². The average molecular weight is 407 g/mol. The van der Waals surface area contributed by atoms with Crippen LogP contribution in [0.3, 0.4) is 0 Å². The maximum atomic E-state index is 12.6. The van der Waals surface area contributed by atoms with E-state index in [0.717, 1.165) is 5.56 Å². The Labute approximate surface area is 175 Å². The highest BCUT2D eigenvalue weighted by Gasteiger charge is 2.25. The highest BCUT2D eigenvalue weighted by molar-refractivity contribution is 6.03. The molecule has 6 heteroatoms. The summed E-state index contributed by atoms with van der Waals surface area (Å²) < 4.78 is 10.9. The van der Waals surface area contributed by atoms with E-state index in [-0.39, 0.29) is 18.3 Å². The van der Waals surface area contributed by atoms with Crippen molar-refractivity contribution in [1.82, 2.24) is 0 Å². The van der Waals surface area contributed by atoms with Gasteiger partial charge in [0.15, 0.2) is 6.10 Å². The molecule has 0 saturated carbocycles. The van der Waals surface area contributed by atoms with Gasteiger partial charge in [-0.2, -0.15) is 0 Å². The molecule has 2 aromatic carbocycles. The van der Waals surface area contributed by atoms with Crippen LogP contribution in [0, 0.1) is 5.41 Å². The predicted molar refractivity (Wildman–Crippen MR) is 114 cm³/mol. The lowest BCUT2D eigenvalue weighted by Crippen LogP contribution is -2.28. The number of anilines is 1. The van der Waals surface area contributed by atoms with Gasteiger partial charge in [0.1, 0.15) is 12.4 Å². The van der Waals surface area contributed by atoms with Gasteiger partial charge in [-0.1, -0.05) is 39.0 Å². The first-order valence-corrected chi connectivity index (χ1v) is 9.74. The fourth-order valence-electron chi connectivity index (χ4n) is 2.79. The highest BCUT2D eigenvalue weighted by atomic mass is 16.5. The van der Waals surface area contributed by atoms with Crippen molar-refractivity contribution >= 4 is 29.4 Å². The number of benzene rings is 2. The van der Waals surface area contributed by atoms with Gasteiger partial charge in [0.25, 0.3) is 0 Å². The topological polar surface area (TPSA) is 81.7 Å². The van der Waals surface area contributed by atoms with Gasteiger partial charge in [-0.25, -0.2) is 4.79 Å². The first-order chi connectivity index (χ1) is 14.1. The molecule has 3 rings (SSSR count). The summed E-state index contributed by atoms with van der Waals surface area (Å²) >= 11 is 0. The molecule has 156 valence electrons. The molecule has 1 aliphatic heterocycles. The lowest BCUT2D eigenvalue weighted by molar-refractivity contribution is -0.142. The lowest BCUT2D eigenvalue weighted by Gasteiger charge is -2.19. The normalized spacial score (nSPS) is 13.9. The fourth-order valence-corrected chi connectivity index (χ4v) is 2.79. The highest BCUT2D eigenvalue weighted by Crippen LogP contribution is 2.26. The monoisotopic (exact) mass is 407 g/mol. The number of Topliss-reactive ketones (excluding diaryl/α,β-unsaturated/α-hetero) is 1. The van der Waals surface area contributed by atoms with Crippen molar-refractivity contribution in [2.45, 2.75) is 33.8 Å². The molecule has 1 amide bonds. The Morgan fingerprint density at radius 2 is 1.70 bits per heavy atom. The largest absolute Gasteiger partial charge is 0.488 e. The number of carbonyl (C=O) groups is 3. The van der Waals surface area contributed by atoms with Crippen LogP contribution in [0.1, 0.15) is 43.6 Å². The molecule has 1 atom stereocenters. The fraction of sp³-hybridized carbons (Fsp3) is 0.292. The van der Waals surface area contributed by atoms with Crippen molar-refractivity contribution in [3.8, 4) is 5.75 Å². The molecule has 0 spiro atoms. The predicted octanol–water partition coefficient (Wildman–Crippen LogP) is 4.26.